The Labute approximate surface area is 114 Å². The highest BCUT2D eigenvalue weighted by molar-refractivity contribution is 5.69. The number of hydrogen-bond acceptors (Lipinski definition) is 1. The van der Waals surface area contributed by atoms with Crippen molar-refractivity contribution in [2.75, 3.05) is 0 Å². The van der Waals surface area contributed by atoms with Crippen molar-refractivity contribution in [2.45, 2.75) is 13.3 Å². The fraction of sp³-hybridized carbons (Fsp3) is 0.118. The van der Waals surface area contributed by atoms with Gasteiger partial charge < -0.3 is 5.11 Å². The first-order valence-corrected chi connectivity index (χ1v) is 6.22. The van der Waals surface area contributed by atoms with Gasteiger partial charge in [-0.15, -0.1) is 0 Å². The van der Waals surface area contributed by atoms with E-state index >= 15 is 0 Å². The zero-order chi connectivity index (χ0) is 13.9. The van der Waals surface area contributed by atoms with Crippen molar-refractivity contribution in [3.8, 4) is 0 Å². The molecule has 0 unspecified atom stereocenters. The second kappa shape index (κ2) is 8.70. The molecule has 0 atom stereocenters. The molecule has 2 aromatic rings. The van der Waals surface area contributed by atoms with Crippen molar-refractivity contribution in [1.82, 2.24) is 0 Å². The third kappa shape index (κ3) is 6.84. The normalized spacial score (nSPS) is 9.74. The molecule has 0 amide bonds. The van der Waals surface area contributed by atoms with Gasteiger partial charge in [-0.25, -0.2) is 0 Å². The Kier molecular flexibility index (Phi) is 6.73. The first-order chi connectivity index (χ1) is 9.22. The van der Waals surface area contributed by atoms with Crippen molar-refractivity contribution in [3.05, 3.63) is 71.8 Å². The summed E-state index contributed by atoms with van der Waals surface area (Å²) in [6, 6.07) is 20.6. The van der Waals surface area contributed by atoms with Crippen LogP contribution in [0.15, 0.2) is 60.7 Å². The van der Waals surface area contributed by atoms with E-state index in [0.717, 1.165) is 0 Å². The van der Waals surface area contributed by atoms with Crippen molar-refractivity contribution in [2.24, 2.45) is 0 Å². The van der Waals surface area contributed by atoms with E-state index in [-0.39, 0.29) is 6.42 Å². The molecule has 0 aliphatic heterocycles. The third-order valence-corrected chi connectivity index (χ3v) is 2.37. The van der Waals surface area contributed by atoms with Crippen LogP contribution in [0.25, 0.3) is 12.2 Å². The Balaban J connectivity index is 0.000000312. The molecule has 1 N–H and O–H groups in total. The van der Waals surface area contributed by atoms with E-state index in [9.17, 15) is 4.79 Å². The number of carbonyl (C=O) groups is 1. The van der Waals surface area contributed by atoms with Crippen LogP contribution in [0.5, 0.6) is 0 Å². The molecule has 0 saturated heterocycles. The summed E-state index contributed by atoms with van der Waals surface area (Å²) in [7, 11) is 0. The first-order valence-electron chi connectivity index (χ1n) is 6.22. The third-order valence-electron chi connectivity index (χ3n) is 2.37. The molecule has 2 nitrogen and oxygen atoms in total. The average molecular weight is 254 g/mol. The van der Waals surface area contributed by atoms with Gasteiger partial charge in [-0.1, -0.05) is 79.7 Å². The van der Waals surface area contributed by atoms with E-state index in [1.165, 1.54) is 11.1 Å². The summed E-state index contributed by atoms with van der Waals surface area (Å²) < 4.78 is 0. The van der Waals surface area contributed by atoms with Crippen LogP contribution in [0.4, 0.5) is 0 Å². The SMILES string of the molecule is C(=Cc1ccccc1)c1ccccc1.CCC(=O)O. The highest BCUT2D eigenvalue weighted by Gasteiger charge is 1.84. The molecular weight excluding hydrogens is 236 g/mol. The molecule has 0 radical (unpaired) electrons. The predicted molar refractivity (Wildman–Crippen MR) is 79.7 cm³/mol. The largest absolute Gasteiger partial charge is 0.481 e. The van der Waals surface area contributed by atoms with Gasteiger partial charge in [-0.2, -0.15) is 0 Å². The van der Waals surface area contributed by atoms with Crippen molar-refractivity contribution < 1.29 is 9.90 Å². The Morgan fingerprint density at radius 2 is 1.21 bits per heavy atom. The van der Waals surface area contributed by atoms with Gasteiger partial charge >= 0.3 is 5.97 Å². The summed E-state index contributed by atoms with van der Waals surface area (Å²) in [6.45, 7) is 1.60. The number of benzene rings is 2. The van der Waals surface area contributed by atoms with Gasteiger partial charge in [0.1, 0.15) is 0 Å². The molecule has 0 saturated carbocycles. The summed E-state index contributed by atoms with van der Waals surface area (Å²) in [5.41, 5.74) is 2.47. The molecule has 0 spiro atoms. The predicted octanol–water partition coefficient (Wildman–Crippen LogP) is 4.34. The highest BCUT2D eigenvalue weighted by Crippen LogP contribution is 2.06. The van der Waals surface area contributed by atoms with E-state index in [1.807, 2.05) is 36.4 Å². The lowest BCUT2D eigenvalue weighted by Gasteiger charge is -1.92. The second-order valence-corrected chi connectivity index (χ2v) is 3.90. The number of carboxylic acids is 1. The van der Waals surface area contributed by atoms with E-state index < -0.39 is 5.97 Å². The van der Waals surface area contributed by atoms with Crippen molar-refractivity contribution in [1.29, 1.82) is 0 Å². The maximum absolute atomic E-state index is 9.37. The maximum Gasteiger partial charge on any atom is 0.303 e. The van der Waals surface area contributed by atoms with Gasteiger partial charge in [0, 0.05) is 6.42 Å². The minimum absolute atomic E-state index is 0.222. The van der Waals surface area contributed by atoms with Gasteiger partial charge in [0.15, 0.2) is 0 Å². The maximum atomic E-state index is 9.37. The molecule has 0 aliphatic carbocycles. The monoisotopic (exact) mass is 254 g/mol. The molecule has 0 bridgehead atoms. The smallest absolute Gasteiger partial charge is 0.303 e. The van der Waals surface area contributed by atoms with Crippen LogP contribution in [0.3, 0.4) is 0 Å². The summed E-state index contributed by atoms with van der Waals surface area (Å²) in [5, 5.41) is 7.72. The number of hydrogen-bond donors (Lipinski definition) is 1. The molecule has 0 aliphatic rings. The molecular formula is C17H18O2. The Bertz CT molecular complexity index is 460. The first kappa shape index (κ1) is 14.7. The lowest BCUT2D eigenvalue weighted by Crippen LogP contribution is -1.86. The van der Waals surface area contributed by atoms with E-state index in [2.05, 4.69) is 36.4 Å². The van der Waals surface area contributed by atoms with E-state index in [4.69, 9.17) is 5.11 Å². The molecule has 2 heteroatoms. The number of carboxylic acid groups (broad SMARTS) is 1. The van der Waals surface area contributed by atoms with Crippen LogP contribution in [0.2, 0.25) is 0 Å². The van der Waals surface area contributed by atoms with Gasteiger partial charge in [0.25, 0.3) is 0 Å². The van der Waals surface area contributed by atoms with Crippen LogP contribution >= 0.6 is 0 Å². The van der Waals surface area contributed by atoms with E-state index in [1.54, 1.807) is 6.92 Å². The van der Waals surface area contributed by atoms with Gasteiger partial charge in [0.2, 0.25) is 0 Å². The number of rotatable bonds is 3. The van der Waals surface area contributed by atoms with Gasteiger partial charge in [-0.3, -0.25) is 4.79 Å². The van der Waals surface area contributed by atoms with Crippen LogP contribution in [-0.2, 0) is 4.79 Å². The zero-order valence-electron chi connectivity index (χ0n) is 11.0. The Morgan fingerprint density at radius 1 is 0.895 bits per heavy atom. The fourth-order valence-corrected chi connectivity index (χ4v) is 1.32. The topological polar surface area (TPSA) is 37.3 Å². The fourth-order valence-electron chi connectivity index (χ4n) is 1.32. The minimum atomic E-state index is -0.745. The van der Waals surface area contributed by atoms with Crippen LogP contribution < -0.4 is 0 Å². The summed E-state index contributed by atoms with van der Waals surface area (Å²) in [4.78, 5) is 9.37. The molecule has 0 fully saturated rings. The highest BCUT2D eigenvalue weighted by atomic mass is 16.4. The summed E-state index contributed by atoms with van der Waals surface area (Å²) in [6.07, 6.45) is 4.46. The molecule has 0 heterocycles. The summed E-state index contributed by atoms with van der Waals surface area (Å²) >= 11 is 0. The second-order valence-electron chi connectivity index (χ2n) is 3.90. The molecule has 2 rings (SSSR count). The van der Waals surface area contributed by atoms with Crippen LogP contribution in [-0.4, -0.2) is 11.1 Å². The molecule has 0 aromatic heterocycles. The number of aliphatic carboxylic acids is 1. The molecule has 19 heavy (non-hydrogen) atoms. The summed E-state index contributed by atoms with van der Waals surface area (Å²) in [5.74, 6) is -0.745. The standard InChI is InChI=1S/C14H12.C3H6O2/c1-3-7-13(8-4-1)11-12-14-9-5-2-6-10-14;1-2-3(4)5/h1-12H;2H2,1H3,(H,4,5). The minimum Gasteiger partial charge on any atom is -0.481 e. The molecule has 2 aromatic carbocycles. The van der Waals surface area contributed by atoms with Crippen LogP contribution in [0, 0.1) is 0 Å². The molecule has 98 valence electrons. The Morgan fingerprint density at radius 3 is 1.47 bits per heavy atom. The van der Waals surface area contributed by atoms with Gasteiger partial charge in [-0.05, 0) is 11.1 Å². The van der Waals surface area contributed by atoms with Crippen molar-refractivity contribution >= 4 is 18.1 Å². The quantitative estimate of drug-likeness (QED) is 0.827. The van der Waals surface area contributed by atoms with Crippen LogP contribution in [0.1, 0.15) is 24.5 Å². The zero-order valence-corrected chi connectivity index (χ0v) is 11.0. The Hall–Kier alpha value is -2.35. The van der Waals surface area contributed by atoms with E-state index in [0.29, 0.717) is 0 Å². The lowest BCUT2D eigenvalue weighted by atomic mass is 10.1. The lowest BCUT2D eigenvalue weighted by molar-refractivity contribution is -0.136. The van der Waals surface area contributed by atoms with Gasteiger partial charge in [0.05, 0.1) is 0 Å². The average Bonchev–Trinajstić information content (AvgIpc) is 2.48. The van der Waals surface area contributed by atoms with Crippen molar-refractivity contribution in [3.63, 3.8) is 0 Å².